The molecular formula is C57H43N3. The molecule has 1 spiro atoms. The molecule has 10 aromatic rings. The summed E-state index contributed by atoms with van der Waals surface area (Å²) in [5.74, 6) is 2.96. The van der Waals surface area contributed by atoms with Gasteiger partial charge in [0.2, 0.25) is 0 Å². The quantitative estimate of drug-likeness (QED) is 0.170. The number of aromatic nitrogens is 2. The van der Waals surface area contributed by atoms with Crippen LogP contribution >= 0.6 is 0 Å². The maximum absolute atomic E-state index is 2.63. The smallest absolute Gasteiger partial charge is 0.0541 e. The Kier molecular flexibility index (Phi) is 6.67. The minimum atomic E-state index is -0.0236. The third-order valence-corrected chi connectivity index (χ3v) is 15.5. The van der Waals surface area contributed by atoms with Crippen LogP contribution in [0.2, 0.25) is 0 Å². The molecule has 0 radical (unpaired) electrons. The molecule has 5 atom stereocenters. The topological polar surface area (TPSA) is 13.1 Å². The zero-order chi connectivity index (χ0) is 39.1. The molecule has 4 fully saturated rings. The van der Waals surface area contributed by atoms with Gasteiger partial charge in [0.15, 0.2) is 0 Å². The van der Waals surface area contributed by atoms with E-state index >= 15 is 0 Å². The molecule has 60 heavy (non-hydrogen) atoms. The standard InChI is InChI=1S/C57H43N3/c1-2-13-39(14-3-1)58(40-25-27-41(28-26-40)59-51-20-8-4-15-44(51)45-16-5-9-21-52(45)59)42-29-30-43-48-19-12-24-55(60-53-22-10-6-17-46(53)47-18-7-11-23-54(47)60)56(48)57(50(43)35-42)38-32-36-31-37(34-38)49(57)33-36/h1-30,35-38,49H,31-34H2. The van der Waals surface area contributed by atoms with Crippen LogP contribution in [0.1, 0.15) is 36.8 Å². The highest BCUT2D eigenvalue weighted by atomic mass is 15.1. The Morgan fingerprint density at radius 1 is 0.433 bits per heavy atom. The van der Waals surface area contributed by atoms with E-state index in [1.54, 1.807) is 11.1 Å². The molecule has 0 amide bonds. The maximum atomic E-state index is 2.63. The Balaban J connectivity index is 0.971. The number of hydrogen-bond acceptors (Lipinski definition) is 1. The molecule has 5 unspecified atom stereocenters. The highest BCUT2D eigenvalue weighted by Gasteiger charge is 2.66. The zero-order valence-electron chi connectivity index (χ0n) is 33.4. The van der Waals surface area contributed by atoms with Crippen LogP contribution in [0.4, 0.5) is 17.1 Å². The second-order valence-electron chi connectivity index (χ2n) is 18.1. The second kappa shape index (κ2) is 12.1. The van der Waals surface area contributed by atoms with Gasteiger partial charge in [-0.15, -0.1) is 0 Å². The molecule has 0 saturated heterocycles. The first kappa shape index (κ1) is 33.0. The second-order valence-corrected chi connectivity index (χ2v) is 18.1. The zero-order valence-corrected chi connectivity index (χ0v) is 33.4. The third-order valence-electron chi connectivity index (χ3n) is 15.5. The van der Waals surface area contributed by atoms with E-state index in [-0.39, 0.29) is 5.41 Å². The molecule has 286 valence electrons. The van der Waals surface area contributed by atoms with Crippen LogP contribution in [0.15, 0.2) is 188 Å². The summed E-state index contributed by atoms with van der Waals surface area (Å²) in [6.07, 6.45) is 5.43. The Morgan fingerprint density at radius 2 is 1.00 bits per heavy atom. The van der Waals surface area contributed by atoms with Gasteiger partial charge in [-0.1, -0.05) is 109 Å². The van der Waals surface area contributed by atoms with Crippen molar-refractivity contribution in [3.63, 3.8) is 0 Å². The number of para-hydroxylation sites is 5. The van der Waals surface area contributed by atoms with Crippen LogP contribution in [0, 0.1) is 23.7 Å². The van der Waals surface area contributed by atoms with Gasteiger partial charge in [0.25, 0.3) is 0 Å². The van der Waals surface area contributed by atoms with Crippen LogP contribution in [-0.2, 0) is 5.41 Å². The highest BCUT2D eigenvalue weighted by molar-refractivity contribution is 6.10. The predicted molar refractivity (Wildman–Crippen MR) is 248 cm³/mol. The van der Waals surface area contributed by atoms with Gasteiger partial charge in [-0.25, -0.2) is 0 Å². The van der Waals surface area contributed by atoms with Crippen LogP contribution in [0.3, 0.4) is 0 Å². The highest BCUT2D eigenvalue weighted by Crippen LogP contribution is 2.74. The Morgan fingerprint density at radius 3 is 1.63 bits per heavy atom. The van der Waals surface area contributed by atoms with Gasteiger partial charge in [0.05, 0.1) is 27.8 Å². The van der Waals surface area contributed by atoms with Gasteiger partial charge in [-0.2, -0.15) is 0 Å². The maximum Gasteiger partial charge on any atom is 0.0541 e. The van der Waals surface area contributed by atoms with E-state index in [1.807, 2.05) is 0 Å². The largest absolute Gasteiger partial charge is 0.310 e. The van der Waals surface area contributed by atoms with Gasteiger partial charge >= 0.3 is 0 Å². The number of fused-ring (bicyclic) bond motifs is 9. The van der Waals surface area contributed by atoms with Crippen LogP contribution in [-0.4, -0.2) is 9.13 Å². The van der Waals surface area contributed by atoms with Crippen molar-refractivity contribution >= 4 is 60.7 Å². The monoisotopic (exact) mass is 769 g/mol. The molecule has 0 aliphatic heterocycles. The first-order valence-corrected chi connectivity index (χ1v) is 22.0. The van der Waals surface area contributed by atoms with Crippen LogP contribution in [0.5, 0.6) is 0 Å². The molecule has 3 heteroatoms. The number of rotatable bonds is 5. The average Bonchev–Trinajstić information content (AvgIpc) is 4.05. The van der Waals surface area contributed by atoms with Crippen molar-refractivity contribution in [3.05, 3.63) is 199 Å². The molecule has 5 aliphatic rings. The van der Waals surface area contributed by atoms with Crippen molar-refractivity contribution in [2.75, 3.05) is 4.90 Å². The first-order chi connectivity index (χ1) is 29.8. The molecule has 3 nitrogen and oxygen atoms in total. The number of hydrogen-bond donors (Lipinski definition) is 0. The van der Waals surface area contributed by atoms with Gasteiger partial charge in [-0.05, 0) is 150 Å². The Bertz CT molecular complexity index is 3260. The van der Waals surface area contributed by atoms with E-state index in [2.05, 4.69) is 202 Å². The van der Waals surface area contributed by atoms with E-state index in [4.69, 9.17) is 0 Å². The van der Waals surface area contributed by atoms with Crippen molar-refractivity contribution in [2.45, 2.75) is 31.1 Å². The molecule has 2 aromatic heterocycles. The average molecular weight is 770 g/mol. The summed E-state index contributed by atoms with van der Waals surface area (Å²) in [6.45, 7) is 0. The number of anilines is 3. The van der Waals surface area contributed by atoms with Crippen molar-refractivity contribution in [2.24, 2.45) is 23.7 Å². The minimum Gasteiger partial charge on any atom is -0.310 e. The Labute approximate surface area is 349 Å². The lowest BCUT2D eigenvalue weighted by molar-refractivity contribution is 0.190. The number of benzene rings is 8. The van der Waals surface area contributed by atoms with E-state index < -0.39 is 0 Å². The minimum absolute atomic E-state index is 0.0236. The van der Waals surface area contributed by atoms with E-state index in [1.165, 1.54) is 103 Å². The fourth-order valence-corrected chi connectivity index (χ4v) is 13.5. The molecule has 15 rings (SSSR count). The van der Waals surface area contributed by atoms with Crippen molar-refractivity contribution < 1.29 is 0 Å². The van der Waals surface area contributed by atoms with Gasteiger partial charge < -0.3 is 14.0 Å². The molecule has 0 N–H and O–H groups in total. The summed E-state index contributed by atoms with van der Waals surface area (Å²) < 4.78 is 5.03. The lowest BCUT2D eigenvalue weighted by atomic mass is 9.59. The third kappa shape index (κ3) is 4.24. The van der Waals surface area contributed by atoms with Crippen LogP contribution in [0.25, 0.3) is 66.1 Å². The lowest BCUT2D eigenvalue weighted by Crippen LogP contribution is -2.41. The molecule has 2 heterocycles. The molecule has 4 bridgehead atoms. The summed E-state index contributed by atoms with van der Waals surface area (Å²) in [4.78, 5) is 2.49. The normalized spacial score (nSPS) is 22.1. The molecular weight excluding hydrogens is 727 g/mol. The van der Waals surface area contributed by atoms with Gasteiger partial charge in [0.1, 0.15) is 0 Å². The summed E-state index contributed by atoms with van der Waals surface area (Å²) >= 11 is 0. The van der Waals surface area contributed by atoms with Crippen molar-refractivity contribution in [1.82, 2.24) is 9.13 Å². The molecule has 4 saturated carbocycles. The predicted octanol–water partition coefficient (Wildman–Crippen LogP) is 14.7. The summed E-state index contributed by atoms with van der Waals surface area (Å²) in [7, 11) is 0. The van der Waals surface area contributed by atoms with E-state index in [9.17, 15) is 0 Å². The first-order valence-electron chi connectivity index (χ1n) is 22.0. The van der Waals surface area contributed by atoms with E-state index in [0.717, 1.165) is 17.5 Å². The molecule has 5 aliphatic carbocycles. The summed E-state index contributed by atoms with van der Waals surface area (Å²) in [5.41, 5.74) is 17.2. The van der Waals surface area contributed by atoms with Crippen molar-refractivity contribution in [3.8, 4) is 22.5 Å². The van der Waals surface area contributed by atoms with Crippen molar-refractivity contribution in [1.29, 1.82) is 0 Å². The summed E-state index contributed by atoms with van der Waals surface area (Å²) in [5, 5.41) is 5.22. The number of nitrogens with zero attached hydrogens (tertiary/aromatic N) is 3. The van der Waals surface area contributed by atoms with Gasteiger partial charge in [0, 0.05) is 49.7 Å². The fourth-order valence-electron chi connectivity index (χ4n) is 13.5. The van der Waals surface area contributed by atoms with E-state index in [0.29, 0.717) is 11.8 Å². The molecule has 8 aromatic carbocycles. The summed E-state index contributed by atoms with van der Waals surface area (Å²) in [6, 6.07) is 70.6. The fraction of sp³-hybridized carbons (Fsp3) is 0.158. The lowest BCUT2D eigenvalue weighted by Gasteiger charge is -2.45. The van der Waals surface area contributed by atoms with Crippen LogP contribution < -0.4 is 4.90 Å². The Hall–Kier alpha value is -6.84. The SMILES string of the molecule is c1ccc(N(c2ccc(-n3c4ccccc4c4ccccc43)cc2)c2ccc3c(c2)C2(c4c-3cccc4-n3c4ccccc4c4ccccc43)C3CC4CC(C3)C2C4)cc1. The van der Waals surface area contributed by atoms with Gasteiger partial charge in [-0.3, -0.25) is 0 Å².